The summed E-state index contributed by atoms with van der Waals surface area (Å²) in [5.41, 5.74) is 1.50. The van der Waals surface area contributed by atoms with Crippen molar-refractivity contribution in [3.8, 4) is 0 Å². The summed E-state index contributed by atoms with van der Waals surface area (Å²) >= 11 is 0. The number of ether oxygens (including phenoxy) is 1. The second-order valence-corrected chi connectivity index (χ2v) is 7.63. The zero-order valence-electron chi connectivity index (χ0n) is 15.3. The molecule has 2 N–H and O–H groups in total. The number of carboxylic acids is 1. The average molecular weight is 361 g/mol. The highest BCUT2D eigenvalue weighted by atomic mass is 16.6. The Balaban J connectivity index is 1.95. The molecule has 3 rings (SSSR count). The number of carbonyl (C=O) groups excluding carboxylic acids is 2. The smallest absolute Gasteiger partial charge is 0.408 e. The van der Waals surface area contributed by atoms with Gasteiger partial charge in [0.25, 0.3) is 5.91 Å². The van der Waals surface area contributed by atoms with Gasteiger partial charge in [-0.3, -0.25) is 9.69 Å². The van der Waals surface area contributed by atoms with E-state index in [1.54, 1.807) is 20.8 Å². The number of aliphatic carboxylic acids is 1. The van der Waals surface area contributed by atoms with Gasteiger partial charge in [-0.05, 0) is 32.4 Å². The monoisotopic (exact) mass is 361 g/mol. The second-order valence-electron chi connectivity index (χ2n) is 7.63. The van der Waals surface area contributed by atoms with Gasteiger partial charge in [-0.2, -0.15) is 0 Å². The summed E-state index contributed by atoms with van der Waals surface area (Å²) < 4.78 is 5.24. The number of rotatable bonds is 2. The molecule has 1 aromatic rings. The van der Waals surface area contributed by atoms with Crippen molar-refractivity contribution >= 4 is 29.3 Å². The minimum absolute atomic E-state index is 0.220. The summed E-state index contributed by atoms with van der Waals surface area (Å²) in [4.78, 5) is 40.1. The summed E-state index contributed by atoms with van der Waals surface area (Å²) in [6.45, 7) is 5.42. The molecule has 0 spiro atoms. The first-order valence-corrected chi connectivity index (χ1v) is 8.47. The first kappa shape index (κ1) is 18.0. The van der Waals surface area contributed by atoms with Gasteiger partial charge in [0.05, 0.1) is 11.4 Å². The molecule has 2 aliphatic rings. The molecule has 0 unspecified atom stereocenters. The molecule has 0 fully saturated rings. The van der Waals surface area contributed by atoms with Gasteiger partial charge in [-0.15, -0.1) is 0 Å². The molecule has 2 heterocycles. The largest absolute Gasteiger partial charge is 0.480 e. The Morgan fingerprint density at radius 1 is 1.31 bits per heavy atom. The number of carboxylic acid groups (broad SMARTS) is 1. The number of likely N-dealkylation sites (N-methyl/N-ethyl adjacent to an activating group) is 1. The molecule has 0 saturated heterocycles. The van der Waals surface area contributed by atoms with Crippen LogP contribution in [-0.2, 0) is 20.7 Å². The number of hydrogen-bond donors (Lipinski definition) is 2. The highest BCUT2D eigenvalue weighted by molar-refractivity contribution is 6.09. The third kappa shape index (κ3) is 3.18. The van der Waals surface area contributed by atoms with Crippen molar-refractivity contribution in [3.05, 3.63) is 23.8 Å². The number of hydrogen-bond acceptors (Lipinski definition) is 5. The number of amides is 2. The molecule has 0 aliphatic carbocycles. The predicted octanol–water partition coefficient (Wildman–Crippen LogP) is 1.37. The van der Waals surface area contributed by atoms with E-state index >= 15 is 0 Å². The van der Waals surface area contributed by atoms with E-state index in [0.29, 0.717) is 5.69 Å². The third-order valence-corrected chi connectivity index (χ3v) is 4.44. The van der Waals surface area contributed by atoms with Gasteiger partial charge in [-0.1, -0.05) is 12.1 Å². The van der Waals surface area contributed by atoms with Crippen molar-refractivity contribution in [2.45, 2.75) is 44.9 Å². The summed E-state index contributed by atoms with van der Waals surface area (Å²) in [5.74, 6) is -1.51. The van der Waals surface area contributed by atoms with Gasteiger partial charge in [0.2, 0.25) is 0 Å². The number of nitrogens with one attached hydrogen (secondary N) is 1. The molecule has 140 valence electrons. The van der Waals surface area contributed by atoms with Crippen LogP contribution in [0.25, 0.3) is 0 Å². The fraction of sp³-hybridized carbons (Fsp3) is 0.500. The van der Waals surface area contributed by atoms with Crippen LogP contribution in [0.2, 0.25) is 0 Å². The maximum absolute atomic E-state index is 13.1. The molecule has 2 aliphatic heterocycles. The fourth-order valence-corrected chi connectivity index (χ4v) is 3.42. The van der Waals surface area contributed by atoms with Crippen LogP contribution < -0.4 is 15.1 Å². The molecule has 2 atom stereocenters. The highest BCUT2D eigenvalue weighted by Gasteiger charge is 2.45. The molecule has 26 heavy (non-hydrogen) atoms. The molecule has 0 bridgehead atoms. The van der Waals surface area contributed by atoms with E-state index in [1.807, 2.05) is 30.1 Å². The standard InChI is InChI=1S/C18H23N3O5/c1-18(2,3)26-17(25)19-11-9-20(4)12-7-5-6-10-8-13(16(23)24)21(14(10)12)15(11)22/h5-7,11,13H,8-9H2,1-4H3,(H,19,25)(H,23,24)/t11-,13+/m0/s1. The summed E-state index contributed by atoms with van der Waals surface area (Å²) in [5, 5.41) is 12.2. The molecule has 2 amide bonds. The van der Waals surface area contributed by atoms with Crippen molar-refractivity contribution in [1.82, 2.24) is 5.32 Å². The molecule has 8 nitrogen and oxygen atoms in total. The Morgan fingerprint density at radius 3 is 2.62 bits per heavy atom. The number of carbonyl (C=O) groups is 3. The maximum Gasteiger partial charge on any atom is 0.408 e. The van der Waals surface area contributed by atoms with Gasteiger partial charge in [-0.25, -0.2) is 9.59 Å². The van der Waals surface area contributed by atoms with E-state index in [9.17, 15) is 19.5 Å². The lowest BCUT2D eigenvalue weighted by molar-refractivity contribution is -0.140. The molecule has 0 radical (unpaired) electrons. The van der Waals surface area contributed by atoms with Crippen LogP contribution in [0, 0.1) is 0 Å². The Kier molecular flexibility index (Phi) is 4.29. The SMILES string of the molecule is CN1C[C@H](NC(=O)OC(C)(C)C)C(=O)N2c3c(cccc31)C[C@@H]2C(=O)O. The van der Waals surface area contributed by atoms with Gasteiger partial charge in [0.15, 0.2) is 0 Å². The molecule has 0 saturated carbocycles. The minimum Gasteiger partial charge on any atom is -0.480 e. The van der Waals surface area contributed by atoms with Gasteiger partial charge >= 0.3 is 12.1 Å². The molecule has 1 aromatic carbocycles. The number of benzene rings is 1. The molecule has 0 aromatic heterocycles. The normalized spacial score (nSPS) is 21.9. The number of para-hydroxylation sites is 1. The minimum atomic E-state index is -1.07. The van der Waals surface area contributed by atoms with E-state index in [-0.39, 0.29) is 13.0 Å². The van der Waals surface area contributed by atoms with Crippen molar-refractivity contribution in [2.75, 3.05) is 23.4 Å². The lowest BCUT2D eigenvalue weighted by Crippen LogP contribution is -2.55. The highest BCUT2D eigenvalue weighted by Crippen LogP contribution is 2.42. The molecular weight excluding hydrogens is 338 g/mol. The zero-order chi connectivity index (χ0) is 19.2. The van der Waals surface area contributed by atoms with Crippen LogP contribution in [-0.4, -0.2) is 54.4 Å². The molecule has 8 heteroatoms. The Bertz CT molecular complexity index is 771. The van der Waals surface area contributed by atoms with E-state index in [4.69, 9.17) is 4.74 Å². The van der Waals surface area contributed by atoms with Gasteiger partial charge in [0.1, 0.15) is 17.7 Å². The van der Waals surface area contributed by atoms with E-state index in [0.717, 1.165) is 11.3 Å². The van der Waals surface area contributed by atoms with Crippen molar-refractivity contribution in [1.29, 1.82) is 0 Å². The van der Waals surface area contributed by atoms with Crippen molar-refractivity contribution in [2.24, 2.45) is 0 Å². The third-order valence-electron chi connectivity index (χ3n) is 4.44. The number of nitrogens with zero attached hydrogens (tertiary/aromatic N) is 2. The summed E-state index contributed by atoms with van der Waals surface area (Å²) in [6.07, 6.45) is -0.460. The summed E-state index contributed by atoms with van der Waals surface area (Å²) in [6, 6.07) is 3.64. The fourth-order valence-electron chi connectivity index (χ4n) is 3.42. The quantitative estimate of drug-likeness (QED) is 0.825. The first-order valence-electron chi connectivity index (χ1n) is 8.47. The van der Waals surface area contributed by atoms with Crippen LogP contribution in [0.15, 0.2) is 18.2 Å². The lowest BCUT2D eigenvalue weighted by atomic mass is 10.1. The Labute approximate surface area is 151 Å². The summed E-state index contributed by atoms with van der Waals surface area (Å²) in [7, 11) is 1.81. The number of alkyl carbamates (subject to hydrolysis) is 1. The average Bonchev–Trinajstić information content (AvgIpc) is 2.86. The van der Waals surface area contributed by atoms with E-state index in [2.05, 4.69) is 5.32 Å². The number of anilines is 2. The molecular formula is C18H23N3O5. The van der Waals surface area contributed by atoms with E-state index < -0.39 is 35.7 Å². The topological polar surface area (TPSA) is 99.2 Å². The van der Waals surface area contributed by atoms with Crippen LogP contribution in [0.3, 0.4) is 0 Å². The van der Waals surface area contributed by atoms with Crippen LogP contribution in [0.4, 0.5) is 16.2 Å². The van der Waals surface area contributed by atoms with Crippen LogP contribution >= 0.6 is 0 Å². The zero-order valence-corrected chi connectivity index (χ0v) is 15.3. The Morgan fingerprint density at radius 2 is 2.00 bits per heavy atom. The van der Waals surface area contributed by atoms with Crippen molar-refractivity contribution in [3.63, 3.8) is 0 Å². The van der Waals surface area contributed by atoms with Crippen LogP contribution in [0.1, 0.15) is 26.3 Å². The maximum atomic E-state index is 13.1. The first-order chi connectivity index (χ1) is 12.1. The predicted molar refractivity (Wildman–Crippen MR) is 95.5 cm³/mol. The van der Waals surface area contributed by atoms with E-state index in [1.165, 1.54) is 4.90 Å². The second kappa shape index (κ2) is 6.19. The lowest BCUT2D eigenvalue weighted by Gasteiger charge is -2.27. The van der Waals surface area contributed by atoms with Crippen molar-refractivity contribution < 1.29 is 24.2 Å². The van der Waals surface area contributed by atoms with Gasteiger partial charge < -0.3 is 20.1 Å². The Hall–Kier alpha value is -2.77. The van der Waals surface area contributed by atoms with Crippen LogP contribution in [0.5, 0.6) is 0 Å². The van der Waals surface area contributed by atoms with Gasteiger partial charge in [0, 0.05) is 20.0 Å².